The first-order chi connectivity index (χ1) is 18.6. The summed E-state index contributed by atoms with van der Waals surface area (Å²) in [5.41, 5.74) is 3.40. The number of hydrogen-bond donors (Lipinski definition) is 0. The molecule has 2 atom stereocenters. The molecule has 2 aromatic rings. The summed E-state index contributed by atoms with van der Waals surface area (Å²) in [7, 11) is 2.00. The summed E-state index contributed by atoms with van der Waals surface area (Å²) >= 11 is 0. The van der Waals surface area contributed by atoms with Crippen molar-refractivity contribution >= 4 is 0 Å². The Morgan fingerprint density at radius 2 is 1.74 bits per heavy atom. The van der Waals surface area contributed by atoms with Crippen molar-refractivity contribution in [3.63, 3.8) is 0 Å². The molecule has 212 valence electrons. The fourth-order valence-electron chi connectivity index (χ4n) is 6.71. The minimum atomic E-state index is -4.35. The number of hydrogen-bond acceptors (Lipinski definition) is 3. The van der Waals surface area contributed by atoms with E-state index in [2.05, 4.69) is 23.6 Å². The van der Waals surface area contributed by atoms with Crippen molar-refractivity contribution in [1.82, 2.24) is 9.80 Å². The van der Waals surface area contributed by atoms with Gasteiger partial charge in [0.05, 0.1) is 12.2 Å². The predicted molar refractivity (Wildman–Crippen MR) is 146 cm³/mol. The van der Waals surface area contributed by atoms with Crippen LogP contribution in [0.3, 0.4) is 0 Å². The molecule has 3 aliphatic rings. The minimum Gasteiger partial charge on any atom is -0.371 e. The van der Waals surface area contributed by atoms with Crippen molar-refractivity contribution in [2.45, 2.75) is 82.7 Å². The third-order valence-corrected chi connectivity index (χ3v) is 8.99. The normalized spacial score (nSPS) is 24.7. The van der Waals surface area contributed by atoms with E-state index in [1.807, 2.05) is 19.2 Å². The van der Waals surface area contributed by atoms with Gasteiger partial charge in [-0.05, 0) is 104 Å². The van der Waals surface area contributed by atoms with E-state index in [9.17, 15) is 17.6 Å². The maximum atomic E-state index is 13.3. The topological polar surface area (TPSA) is 15.7 Å². The molecule has 0 amide bonds. The molecule has 7 heteroatoms. The third-order valence-electron chi connectivity index (χ3n) is 8.99. The average molecular weight is 545 g/mol. The van der Waals surface area contributed by atoms with E-state index < -0.39 is 17.3 Å². The van der Waals surface area contributed by atoms with E-state index in [0.29, 0.717) is 30.7 Å². The second-order valence-electron chi connectivity index (χ2n) is 11.9. The highest BCUT2D eigenvalue weighted by Crippen LogP contribution is 2.47. The highest BCUT2D eigenvalue weighted by atomic mass is 19.4. The molecule has 3 fully saturated rings. The van der Waals surface area contributed by atoms with Crippen LogP contribution in [0.1, 0.15) is 75.0 Å². The molecular formula is C32H40F4N2O. The number of benzene rings is 2. The Labute approximate surface area is 229 Å². The molecule has 0 spiro atoms. The van der Waals surface area contributed by atoms with Crippen LogP contribution >= 0.6 is 0 Å². The lowest BCUT2D eigenvalue weighted by Crippen LogP contribution is -2.54. The van der Waals surface area contributed by atoms with E-state index in [-0.39, 0.29) is 11.7 Å². The molecule has 2 aromatic carbocycles. The van der Waals surface area contributed by atoms with Gasteiger partial charge >= 0.3 is 6.18 Å². The number of likely N-dealkylation sites (N-methyl/N-ethyl adjacent to an activating group) is 1. The van der Waals surface area contributed by atoms with Gasteiger partial charge in [-0.15, -0.1) is 0 Å². The molecule has 0 unspecified atom stereocenters. The fourth-order valence-corrected chi connectivity index (χ4v) is 6.71. The van der Waals surface area contributed by atoms with Crippen molar-refractivity contribution in [1.29, 1.82) is 0 Å². The number of alkyl halides is 3. The monoisotopic (exact) mass is 544 g/mol. The van der Waals surface area contributed by atoms with Crippen molar-refractivity contribution in [3.8, 4) is 0 Å². The second-order valence-corrected chi connectivity index (χ2v) is 11.9. The number of halogens is 4. The van der Waals surface area contributed by atoms with Crippen molar-refractivity contribution in [2.75, 3.05) is 26.7 Å². The Bertz CT molecular complexity index is 1150. The van der Waals surface area contributed by atoms with Crippen molar-refractivity contribution in [3.05, 3.63) is 82.3 Å². The smallest absolute Gasteiger partial charge is 0.371 e. The number of likely N-dealkylation sites (tertiary alicyclic amines) is 1. The zero-order valence-electron chi connectivity index (χ0n) is 23.2. The molecular weight excluding hydrogens is 504 g/mol. The van der Waals surface area contributed by atoms with Gasteiger partial charge in [-0.2, -0.15) is 13.2 Å². The van der Waals surface area contributed by atoms with Crippen LogP contribution in [-0.4, -0.2) is 48.2 Å². The number of nitrogens with zero attached hydrogens (tertiary/aromatic N) is 2. The Morgan fingerprint density at radius 1 is 1.05 bits per heavy atom. The Morgan fingerprint density at radius 3 is 2.31 bits per heavy atom. The van der Waals surface area contributed by atoms with Gasteiger partial charge in [0, 0.05) is 25.3 Å². The van der Waals surface area contributed by atoms with Gasteiger partial charge in [-0.25, -0.2) is 4.39 Å². The number of allylic oxidation sites excluding steroid dienone is 1. The zero-order chi connectivity index (χ0) is 27.8. The lowest BCUT2D eigenvalue weighted by Gasteiger charge is -2.50. The second kappa shape index (κ2) is 11.2. The molecule has 2 saturated heterocycles. The molecule has 5 rings (SSSR count). The predicted octanol–water partition coefficient (Wildman–Crippen LogP) is 7.78. The lowest BCUT2D eigenvalue weighted by atomic mass is 9.78. The summed E-state index contributed by atoms with van der Waals surface area (Å²) in [5.74, 6) is 0.525. The first-order valence-electron chi connectivity index (χ1n) is 14.3. The van der Waals surface area contributed by atoms with E-state index in [4.69, 9.17) is 4.74 Å². The average Bonchev–Trinajstić information content (AvgIpc) is 3.74. The molecule has 0 N–H and O–H groups in total. The van der Waals surface area contributed by atoms with E-state index in [1.54, 1.807) is 18.2 Å². The van der Waals surface area contributed by atoms with E-state index in [0.717, 1.165) is 57.7 Å². The van der Waals surface area contributed by atoms with Gasteiger partial charge in [0.1, 0.15) is 11.4 Å². The molecule has 2 heterocycles. The number of ether oxygens (including phenoxy) is 1. The SMILES string of the molecule is CC(C)[C@]1(C(=C2CC2)N(C)Cc2cccc(C(F)(F)F)c2)CC[C@@H](N2CCC(c3ccc(F)cc3)CC2)CO1. The molecule has 1 aliphatic carbocycles. The van der Waals surface area contributed by atoms with Gasteiger partial charge in [0.15, 0.2) is 0 Å². The molecule has 0 bridgehead atoms. The highest BCUT2D eigenvalue weighted by molar-refractivity contribution is 5.34. The third kappa shape index (κ3) is 6.19. The zero-order valence-corrected chi connectivity index (χ0v) is 23.2. The standard InChI is InChI=1S/C32H40F4N2O/c1-22(2)31(30(26-7-8-26)37(3)20-23-5-4-6-27(19-23)32(34,35)36)16-13-29(21-39-31)38-17-14-25(15-18-38)24-9-11-28(33)12-10-24/h4-6,9-12,19,22,25,29H,7-8,13-18,20-21H2,1-3H3/t29-,31+/m1/s1. The van der Waals surface area contributed by atoms with Gasteiger partial charge in [0.2, 0.25) is 0 Å². The summed E-state index contributed by atoms with van der Waals surface area (Å²) in [5, 5.41) is 0. The molecule has 3 nitrogen and oxygen atoms in total. The Kier molecular flexibility index (Phi) is 8.12. The van der Waals surface area contributed by atoms with E-state index in [1.165, 1.54) is 29.0 Å². The number of rotatable bonds is 7. The molecule has 0 radical (unpaired) electrons. The summed E-state index contributed by atoms with van der Waals surface area (Å²) in [6.07, 6.45) is 1.77. The highest BCUT2D eigenvalue weighted by Gasteiger charge is 2.47. The molecule has 2 aliphatic heterocycles. The van der Waals surface area contributed by atoms with Crippen LogP contribution in [0.2, 0.25) is 0 Å². The van der Waals surface area contributed by atoms with E-state index >= 15 is 0 Å². The fraction of sp³-hybridized carbons (Fsp3) is 0.562. The van der Waals surface area contributed by atoms with Crippen LogP contribution in [0.4, 0.5) is 17.6 Å². The first kappa shape index (κ1) is 28.2. The molecule has 0 aromatic heterocycles. The Balaban J connectivity index is 1.25. The maximum absolute atomic E-state index is 13.3. The van der Waals surface area contributed by atoms with Crippen molar-refractivity contribution in [2.24, 2.45) is 5.92 Å². The van der Waals surface area contributed by atoms with Gasteiger partial charge in [0.25, 0.3) is 0 Å². The van der Waals surface area contributed by atoms with Crippen molar-refractivity contribution < 1.29 is 22.3 Å². The van der Waals surface area contributed by atoms with Crippen LogP contribution in [0.15, 0.2) is 59.8 Å². The minimum absolute atomic E-state index is 0.190. The first-order valence-corrected chi connectivity index (χ1v) is 14.3. The number of piperidine rings is 1. The largest absolute Gasteiger partial charge is 0.416 e. The summed E-state index contributed by atoms with van der Waals surface area (Å²) in [6.45, 7) is 7.50. The lowest BCUT2D eigenvalue weighted by molar-refractivity contribution is -0.137. The summed E-state index contributed by atoms with van der Waals surface area (Å²) in [4.78, 5) is 4.70. The van der Waals surface area contributed by atoms with Gasteiger partial charge in [-0.3, -0.25) is 4.90 Å². The maximum Gasteiger partial charge on any atom is 0.416 e. The van der Waals surface area contributed by atoms with Crippen LogP contribution < -0.4 is 0 Å². The van der Waals surface area contributed by atoms with Crippen LogP contribution in [0.25, 0.3) is 0 Å². The Hall–Kier alpha value is -2.38. The van der Waals surface area contributed by atoms with Gasteiger partial charge in [-0.1, -0.05) is 38.1 Å². The quantitative estimate of drug-likeness (QED) is 0.331. The van der Waals surface area contributed by atoms with Gasteiger partial charge < -0.3 is 9.64 Å². The molecule has 39 heavy (non-hydrogen) atoms. The van der Waals surface area contributed by atoms with Crippen LogP contribution in [-0.2, 0) is 17.5 Å². The van der Waals surface area contributed by atoms with Crippen LogP contribution in [0.5, 0.6) is 0 Å². The summed E-state index contributed by atoms with van der Waals surface area (Å²) in [6, 6.07) is 13.0. The van der Waals surface area contributed by atoms with Crippen LogP contribution in [0, 0.1) is 11.7 Å². The summed E-state index contributed by atoms with van der Waals surface area (Å²) < 4.78 is 60.1. The molecule has 1 saturated carbocycles.